The molecule has 7 nitrogen and oxygen atoms in total. The molecule has 0 saturated heterocycles. The minimum Gasteiger partial charge on any atom is -0.489 e. The molecule has 0 spiro atoms. The summed E-state index contributed by atoms with van der Waals surface area (Å²) in [6.45, 7) is 0.932. The van der Waals surface area contributed by atoms with Gasteiger partial charge in [-0.25, -0.2) is 9.37 Å². The second kappa shape index (κ2) is 10.1. The molecule has 1 aliphatic heterocycles. The molecule has 2 aromatic heterocycles. The summed E-state index contributed by atoms with van der Waals surface area (Å²) in [6, 6.07) is 12.9. The number of nitrogens with zero attached hydrogens (tertiary/aromatic N) is 3. The summed E-state index contributed by atoms with van der Waals surface area (Å²) >= 11 is 0. The van der Waals surface area contributed by atoms with Gasteiger partial charge in [0.05, 0.1) is 24.6 Å². The van der Waals surface area contributed by atoms with Crippen molar-refractivity contribution in [2.45, 2.75) is 19.6 Å². The molecular weight excluding hydrogens is 413 g/mol. The van der Waals surface area contributed by atoms with Gasteiger partial charge < -0.3 is 19.1 Å². The molecule has 1 aromatic carbocycles. The average Bonchev–Trinajstić information content (AvgIpc) is 2.86. The van der Waals surface area contributed by atoms with Gasteiger partial charge in [0.1, 0.15) is 31.4 Å². The molecule has 0 saturated carbocycles. The number of fused-ring (bicyclic) bond motifs is 1. The molecule has 0 unspecified atom stereocenters. The van der Waals surface area contributed by atoms with Crippen molar-refractivity contribution in [1.29, 1.82) is 0 Å². The number of amides is 1. The molecule has 32 heavy (non-hydrogen) atoms. The Balaban J connectivity index is 1.38. The van der Waals surface area contributed by atoms with E-state index in [-0.39, 0.29) is 12.5 Å². The second-order valence-electron chi connectivity index (χ2n) is 7.31. The highest BCUT2D eigenvalue weighted by atomic mass is 19.1. The Hall–Kier alpha value is -3.68. The summed E-state index contributed by atoms with van der Waals surface area (Å²) in [7, 11) is 1.54. The molecule has 3 heterocycles. The van der Waals surface area contributed by atoms with Crippen LogP contribution >= 0.6 is 0 Å². The van der Waals surface area contributed by atoms with Crippen LogP contribution in [0, 0.1) is 0 Å². The number of alkyl halides is 1. The first-order chi connectivity index (χ1) is 15.7. The van der Waals surface area contributed by atoms with Gasteiger partial charge in [0.2, 0.25) is 5.88 Å². The highest BCUT2D eigenvalue weighted by molar-refractivity contribution is 5.94. The van der Waals surface area contributed by atoms with E-state index in [9.17, 15) is 9.18 Å². The van der Waals surface area contributed by atoms with Crippen LogP contribution in [-0.4, -0.2) is 47.7 Å². The van der Waals surface area contributed by atoms with Crippen LogP contribution in [0.5, 0.6) is 17.4 Å². The van der Waals surface area contributed by atoms with Crippen LogP contribution in [0.4, 0.5) is 4.39 Å². The van der Waals surface area contributed by atoms with Crippen LogP contribution < -0.4 is 14.2 Å². The third-order valence-electron chi connectivity index (χ3n) is 5.20. The van der Waals surface area contributed by atoms with E-state index in [1.165, 1.54) is 11.8 Å². The standard InChI is InChI=1S/C24H24FN3O4/c1-30-23-7-3-18(13-27-23)24(29)28-10-8-17-2-5-21(12-19(17)15-28)32-16-20-4-6-22(14-26-20)31-11-9-25/h2-7,12-14H,8-11,15-16H2,1H3. The number of methoxy groups -OCH3 is 1. The van der Waals surface area contributed by atoms with E-state index >= 15 is 0 Å². The lowest BCUT2D eigenvalue weighted by atomic mass is 9.99. The predicted molar refractivity (Wildman–Crippen MR) is 116 cm³/mol. The fraction of sp³-hybridized carbons (Fsp3) is 0.292. The molecule has 0 aliphatic carbocycles. The number of hydrogen-bond acceptors (Lipinski definition) is 6. The van der Waals surface area contributed by atoms with Crippen LogP contribution in [0.2, 0.25) is 0 Å². The third kappa shape index (κ3) is 5.14. The normalized spacial score (nSPS) is 12.8. The second-order valence-corrected chi connectivity index (χ2v) is 7.31. The van der Waals surface area contributed by atoms with Crippen LogP contribution in [0.25, 0.3) is 0 Å². The lowest BCUT2D eigenvalue weighted by molar-refractivity contribution is 0.0734. The molecule has 0 N–H and O–H groups in total. The van der Waals surface area contributed by atoms with E-state index in [1.807, 2.05) is 23.1 Å². The molecule has 1 aliphatic rings. The van der Waals surface area contributed by atoms with E-state index < -0.39 is 6.67 Å². The van der Waals surface area contributed by atoms with Crippen LogP contribution in [0.15, 0.2) is 54.9 Å². The van der Waals surface area contributed by atoms with Gasteiger partial charge in [-0.05, 0) is 47.9 Å². The maximum atomic E-state index is 12.9. The Kier molecular flexibility index (Phi) is 6.79. The summed E-state index contributed by atoms with van der Waals surface area (Å²) in [6.07, 6.45) is 3.88. The zero-order valence-electron chi connectivity index (χ0n) is 17.8. The molecule has 0 fully saturated rings. The number of pyridine rings is 2. The molecule has 4 rings (SSSR count). The molecule has 0 bridgehead atoms. The van der Waals surface area contributed by atoms with E-state index in [2.05, 4.69) is 9.97 Å². The Labute approximate surface area is 185 Å². The maximum Gasteiger partial charge on any atom is 0.255 e. The Morgan fingerprint density at radius 2 is 1.91 bits per heavy atom. The van der Waals surface area contributed by atoms with Crippen LogP contribution in [-0.2, 0) is 19.6 Å². The van der Waals surface area contributed by atoms with Gasteiger partial charge in [0.15, 0.2) is 0 Å². The van der Waals surface area contributed by atoms with Crippen molar-refractivity contribution in [3.8, 4) is 17.4 Å². The Bertz CT molecular complexity index is 1060. The van der Waals surface area contributed by atoms with Crippen molar-refractivity contribution in [3.05, 3.63) is 77.2 Å². The fourth-order valence-electron chi connectivity index (χ4n) is 3.50. The van der Waals surface area contributed by atoms with E-state index in [0.29, 0.717) is 42.6 Å². The summed E-state index contributed by atoms with van der Waals surface area (Å²) in [5.41, 5.74) is 3.54. The number of ether oxygens (including phenoxy) is 3. The SMILES string of the molecule is COc1ccc(C(=O)N2CCc3ccc(OCc4ccc(OCCF)cn4)cc3C2)cn1. The number of rotatable bonds is 8. The molecule has 8 heteroatoms. The summed E-state index contributed by atoms with van der Waals surface area (Å²) in [5.74, 6) is 1.65. The monoisotopic (exact) mass is 437 g/mol. The molecule has 0 atom stereocenters. The van der Waals surface area contributed by atoms with Crippen LogP contribution in [0.1, 0.15) is 27.2 Å². The minimum atomic E-state index is -0.538. The first-order valence-corrected chi connectivity index (χ1v) is 10.3. The molecule has 3 aromatic rings. The number of hydrogen-bond donors (Lipinski definition) is 0. The summed E-state index contributed by atoms with van der Waals surface area (Å²) in [4.78, 5) is 23.1. The third-order valence-corrected chi connectivity index (χ3v) is 5.20. The van der Waals surface area contributed by atoms with Gasteiger partial charge in [-0.1, -0.05) is 6.07 Å². The van der Waals surface area contributed by atoms with Crippen molar-refractivity contribution in [2.75, 3.05) is 26.9 Å². The number of aromatic nitrogens is 2. The first kappa shape index (κ1) is 21.5. The Morgan fingerprint density at radius 1 is 1.03 bits per heavy atom. The van der Waals surface area contributed by atoms with Gasteiger partial charge in [-0.2, -0.15) is 0 Å². The smallest absolute Gasteiger partial charge is 0.255 e. The lowest BCUT2D eigenvalue weighted by Crippen LogP contribution is -2.36. The number of carbonyl (C=O) groups excluding carboxylic acids is 1. The van der Waals surface area contributed by atoms with Crippen molar-refractivity contribution in [1.82, 2.24) is 14.9 Å². The van der Waals surface area contributed by atoms with E-state index in [4.69, 9.17) is 14.2 Å². The van der Waals surface area contributed by atoms with Crippen molar-refractivity contribution >= 4 is 5.91 Å². The van der Waals surface area contributed by atoms with Gasteiger partial charge in [-0.15, -0.1) is 0 Å². The number of benzene rings is 1. The fourth-order valence-corrected chi connectivity index (χ4v) is 3.50. The highest BCUT2D eigenvalue weighted by Gasteiger charge is 2.22. The predicted octanol–water partition coefficient (Wildman–Crippen LogP) is 3.61. The minimum absolute atomic E-state index is 0.0150. The molecular formula is C24H24FN3O4. The van der Waals surface area contributed by atoms with Gasteiger partial charge in [0.25, 0.3) is 5.91 Å². The number of halogens is 1. The largest absolute Gasteiger partial charge is 0.489 e. The molecule has 0 radical (unpaired) electrons. The average molecular weight is 437 g/mol. The molecule has 1 amide bonds. The number of carbonyl (C=O) groups is 1. The summed E-state index contributed by atoms with van der Waals surface area (Å²) in [5, 5.41) is 0. The van der Waals surface area contributed by atoms with Gasteiger partial charge >= 0.3 is 0 Å². The quantitative estimate of drug-likeness (QED) is 0.536. The van der Waals surface area contributed by atoms with Crippen molar-refractivity contribution < 1.29 is 23.4 Å². The topological polar surface area (TPSA) is 73.8 Å². The van der Waals surface area contributed by atoms with Crippen molar-refractivity contribution in [2.24, 2.45) is 0 Å². The van der Waals surface area contributed by atoms with Gasteiger partial charge in [0, 0.05) is 25.4 Å². The van der Waals surface area contributed by atoms with E-state index in [1.54, 1.807) is 37.6 Å². The van der Waals surface area contributed by atoms with Gasteiger partial charge in [-0.3, -0.25) is 9.78 Å². The Morgan fingerprint density at radius 3 is 2.62 bits per heavy atom. The van der Waals surface area contributed by atoms with Crippen LogP contribution in [0.3, 0.4) is 0 Å². The van der Waals surface area contributed by atoms with Crippen molar-refractivity contribution in [3.63, 3.8) is 0 Å². The lowest BCUT2D eigenvalue weighted by Gasteiger charge is -2.29. The summed E-state index contributed by atoms with van der Waals surface area (Å²) < 4.78 is 28.3. The highest BCUT2D eigenvalue weighted by Crippen LogP contribution is 2.25. The zero-order chi connectivity index (χ0) is 22.3. The zero-order valence-corrected chi connectivity index (χ0v) is 17.8. The maximum absolute atomic E-state index is 12.9. The molecule has 166 valence electrons. The van der Waals surface area contributed by atoms with E-state index in [0.717, 1.165) is 17.7 Å². The first-order valence-electron chi connectivity index (χ1n) is 10.3.